The van der Waals surface area contributed by atoms with E-state index in [1.807, 2.05) is 0 Å². The summed E-state index contributed by atoms with van der Waals surface area (Å²) in [5.41, 5.74) is 0. The number of likely N-dealkylation sites (tertiary alicyclic amines) is 1. The Labute approximate surface area is 86.9 Å². The third kappa shape index (κ3) is 2.98. The molecule has 0 spiro atoms. The van der Waals surface area contributed by atoms with E-state index in [2.05, 4.69) is 31.0 Å². The van der Waals surface area contributed by atoms with Gasteiger partial charge in [0.1, 0.15) is 0 Å². The standard InChI is InChI=1S/C11H22N2O/c1-8(2)9(3)13-6-5-11(7-13)12-10(4)14/h8-9,11H,5-7H2,1-4H3,(H,12,14)/t9?,11-/m1/s1. The predicted molar refractivity (Wildman–Crippen MR) is 58.1 cm³/mol. The Morgan fingerprint density at radius 1 is 1.43 bits per heavy atom. The van der Waals surface area contributed by atoms with Crippen LogP contribution in [0.3, 0.4) is 0 Å². The van der Waals surface area contributed by atoms with E-state index in [1.54, 1.807) is 6.92 Å². The van der Waals surface area contributed by atoms with Crippen LogP contribution in [-0.4, -0.2) is 36.0 Å². The second-order valence-corrected chi connectivity index (χ2v) is 4.67. The van der Waals surface area contributed by atoms with Crippen molar-refractivity contribution >= 4 is 5.91 Å². The van der Waals surface area contributed by atoms with Crippen molar-refractivity contribution in [1.82, 2.24) is 10.2 Å². The molecule has 1 aliphatic heterocycles. The SMILES string of the molecule is CC(=O)N[C@@H]1CCN(C(C)C(C)C)C1. The molecule has 14 heavy (non-hydrogen) atoms. The Bertz CT molecular complexity index is 203. The first kappa shape index (κ1) is 11.5. The van der Waals surface area contributed by atoms with Gasteiger partial charge >= 0.3 is 0 Å². The highest BCUT2D eigenvalue weighted by Gasteiger charge is 2.27. The van der Waals surface area contributed by atoms with Gasteiger partial charge in [-0.15, -0.1) is 0 Å². The molecule has 1 heterocycles. The van der Waals surface area contributed by atoms with Gasteiger partial charge in [-0.2, -0.15) is 0 Å². The van der Waals surface area contributed by atoms with Crippen molar-refractivity contribution in [2.45, 2.75) is 46.2 Å². The van der Waals surface area contributed by atoms with E-state index in [0.717, 1.165) is 19.5 Å². The predicted octanol–water partition coefficient (Wildman–Crippen LogP) is 1.24. The second kappa shape index (κ2) is 4.78. The number of nitrogens with zero attached hydrogens (tertiary/aromatic N) is 1. The molecule has 0 bridgehead atoms. The van der Waals surface area contributed by atoms with Crippen LogP contribution in [0, 0.1) is 5.92 Å². The molecule has 3 heteroatoms. The molecule has 0 aromatic rings. The van der Waals surface area contributed by atoms with Gasteiger partial charge in [0.2, 0.25) is 5.91 Å². The number of nitrogens with one attached hydrogen (secondary N) is 1. The molecular weight excluding hydrogens is 176 g/mol. The summed E-state index contributed by atoms with van der Waals surface area (Å²) >= 11 is 0. The molecule has 1 N–H and O–H groups in total. The lowest BCUT2D eigenvalue weighted by Crippen LogP contribution is -2.39. The maximum atomic E-state index is 10.9. The lowest BCUT2D eigenvalue weighted by atomic mass is 10.1. The van der Waals surface area contributed by atoms with E-state index < -0.39 is 0 Å². The third-order valence-corrected chi connectivity index (χ3v) is 3.17. The largest absolute Gasteiger partial charge is 0.352 e. The van der Waals surface area contributed by atoms with Crippen LogP contribution in [0.15, 0.2) is 0 Å². The normalized spacial score (nSPS) is 25.4. The van der Waals surface area contributed by atoms with Crippen molar-refractivity contribution in [2.75, 3.05) is 13.1 Å². The van der Waals surface area contributed by atoms with Gasteiger partial charge in [-0.1, -0.05) is 13.8 Å². The van der Waals surface area contributed by atoms with Crippen molar-refractivity contribution < 1.29 is 4.79 Å². The summed E-state index contributed by atoms with van der Waals surface area (Å²) in [7, 11) is 0. The van der Waals surface area contributed by atoms with Crippen LogP contribution in [0.5, 0.6) is 0 Å². The molecule has 0 saturated carbocycles. The lowest BCUT2D eigenvalue weighted by Gasteiger charge is -2.27. The maximum absolute atomic E-state index is 10.9. The highest BCUT2D eigenvalue weighted by Crippen LogP contribution is 2.17. The Morgan fingerprint density at radius 3 is 2.57 bits per heavy atom. The molecule has 0 aromatic carbocycles. The average molecular weight is 198 g/mol. The fourth-order valence-electron chi connectivity index (χ4n) is 1.98. The zero-order valence-corrected chi connectivity index (χ0v) is 9.71. The van der Waals surface area contributed by atoms with Crippen molar-refractivity contribution in [3.05, 3.63) is 0 Å². The Hall–Kier alpha value is -0.570. The fraction of sp³-hybridized carbons (Fsp3) is 0.909. The van der Waals surface area contributed by atoms with Gasteiger partial charge in [-0.3, -0.25) is 9.69 Å². The van der Waals surface area contributed by atoms with Crippen molar-refractivity contribution in [1.29, 1.82) is 0 Å². The quantitative estimate of drug-likeness (QED) is 0.740. The van der Waals surface area contributed by atoms with Crippen LogP contribution in [0.1, 0.15) is 34.1 Å². The van der Waals surface area contributed by atoms with Crippen LogP contribution >= 0.6 is 0 Å². The summed E-state index contributed by atoms with van der Waals surface area (Å²) in [6.07, 6.45) is 1.09. The summed E-state index contributed by atoms with van der Waals surface area (Å²) < 4.78 is 0. The van der Waals surface area contributed by atoms with Gasteiger partial charge in [0.25, 0.3) is 0 Å². The first-order chi connectivity index (χ1) is 6.50. The minimum absolute atomic E-state index is 0.0917. The topological polar surface area (TPSA) is 32.3 Å². The third-order valence-electron chi connectivity index (χ3n) is 3.17. The molecule has 1 fully saturated rings. The molecule has 82 valence electrons. The first-order valence-corrected chi connectivity index (χ1v) is 5.52. The average Bonchev–Trinajstić information content (AvgIpc) is 2.50. The van der Waals surface area contributed by atoms with Gasteiger partial charge in [0.15, 0.2) is 0 Å². The summed E-state index contributed by atoms with van der Waals surface area (Å²) in [5, 5.41) is 2.98. The summed E-state index contributed by atoms with van der Waals surface area (Å²) in [5.74, 6) is 0.778. The second-order valence-electron chi connectivity index (χ2n) is 4.67. The molecule has 1 rings (SSSR count). The molecule has 3 nitrogen and oxygen atoms in total. The molecule has 0 radical (unpaired) electrons. The minimum Gasteiger partial charge on any atom is -0.352 e. The monoisotopic (exact) mass is 198 g/mol. The van der Waals surface area contributed by atoms with Crippen LogP contribution in [0.2, 0.25) is 0 Å². The van der Waals surface area contributed by atoms with Gasteiger partial charge < -0.3 is 5.32 Å². The van der Waals surface area contributed by atoms with Gasteiger partial charge in [0, 0.05) is 32.1 Å². The number of hydrogen-bond donors (Lipinski definition) is 1. The Balaban J connectivity index is 2.37. The van der Waals surface area contributed by atoms with Crippen LogP contribution in [0.25, 0.3) is 0 Å². The Morgan fingerprint density at radius 2 is 2.07 bits per heavy atom. The van der Waals surface area contributed by atoms with Gasteiger partial charge in [-0.25, -0.2) is 0 Å². The van der Waals surface area contributed by atoms with Gasteiger partial charge in [0.05, 0.1) is 0 Å². The number of amides is 1. The number of rotatable bonds is 3. The molecule has 1 amide bonds. The summed E-state index contributed by atoms with van der Waals surface area (Å²) in [4.78, 5) is 13.3. The maximum Gasteiger partial charge on any atom is 0.217 e. The van der Waals surface area contributed by atoms with Crippen molar-refractivity contribution in [3.63, 3.8) is 0 Å². The van der Waals surface area contributed by atoms with Crippen LogP contribution < -0.4 is 5.32 Å². The molecule has 1 saturated heterocycles. The van der Waals surface area contributed by atoms with Crippen LogP contribution in [-0.2, 0) is 4.79 Å². The number of carbonyl (C=O) groups is 1. The van der Waals surface area contributed by atoms with Crippen molar-refractivity contribution in [2.24, 2.45) is 5.92 Å². The smallest absolute Gasteiger partial charge is 0.217 e. The van der Waals surface area contributed by atoms with Crippen LogP contribution in [0.4, 0.5) is 0 Å². The summed E-state index contributed by atoms with van der Waals surface area (Å²) in [6.45, 7) is 10.5. The fourth-order valence-corrected chi connectivity index (χ4v) is 1.98. The molecule has 1 unspecified atom stereocenters. The number of hydrogen-bond acceptors (Lipinski definition) is 2. The molecule has 2 atom stereocenters. The van der Waals surface area contributed by atoms with E-state index >= 15 is 0 Å². The Kier molecular flexibility index (Phi) is 3.93. The zero-order chi connectivity index (χ0) is 10.7. The minimum atomic E-state index is 0.0917. The number of carbonyl (C=O) groups excluding carboxylic acids is 1. The van der Waals surface area contributed by atoms with Crippen molar-refractivity contribution in [3.8, 4) is 0 Å². The molecule has 1 aliphatic rings. The van der Waals surface area contributed by atoms with E-state index in [-0.39, 0.29) is 5.91 Å². The van der Waals surface area contributed by atoms with E-state index in [0.29, 0.717) is 18.0 Å². The molecule has 0 aliphatic carbocycles. The van der Waals surface area contributed by atoms with E-state index in [9.17, 15) is 4.79 Å². The summed E-state index contributed by atoms with van der Waals surface area (Å²) in [6, 6.07) is 0.988. The zero-order valence-electron chi connectivity index (χ0n) is 9.71. The highest BCUT2D eigenvalue weighted by atomic mass is 16.1. The highest BCUT2D eigenvalue weighted by molar-refractivity contribution is 5.73. The lowest BCUT2D eigenvalue weighted by molar-refractivity contribution is -0.119. The van der Waals surface area contributed by atoms with E-state index in [4.69, 9.17) is 0 Å². The molecule has 0 aromatic heterocycles. The van der Waals surface area contributed by atoms with Gasteiger partial charge in [-0.05, 0) is 19.3 Å². The molecular formula is C11H22N2O. The van der Waals surface area contributed by atoms with E-state index in [1.165, 1.54) is 0 Å². The first-order valence-electron chi connectivity index (χ1n) is 5.52.